The fraction of sp³-hybridized carbons (Fsp3) is 1.00. The monoisotopic (exact) mass is 297 g/mol. The van der Waals surface area contributed by atoms with Crippen LogP contribution in [0.3, 0.4) is 0 Å². The number of unbranched alkanes of at least 4 members (excludes halogenated alkanes) is 5. The van der Waals surface area contributed by atoms with E-state index in [2.05, 4.69) is 53.8 Å². The molecule has 1 nitrogen and oxygen atoms in total. The lowest BCUT2D eigenvalue weighted by Gasteiger charge is -2.43. The first-order valence-corrected chi connectivity index (χ1v) is 9.62. The van der Waals surface area contributed by atoms with Crippen molar-refractivity contribution >= 4 is 0 Å². The molecule has 0 saturated carbocycles. The lowest BCUT2D eigenvalue weighted by Crippen LogP contribution is -2.52. The summed E-state index contributed by atoms with van der Waals surface area (Å²) in [5, 5.41) is 3.95. The number of hydrogen-bond donors (Lipinski definition) is 1. The normalized spacial score (nSPS) is 14.4. The van der Waals surface area contributed by atoms with Crippen LogP contribution in [-0.2, 0) is 0 Å². The number of rotatable bonds is 12. The third-order valence-corrected chi connectivity index (χ3v) is 5.31. The van der Waals surface area contributed by atoms with Crippen molar-refractivity contribution < 1.29 is 0 Å². The van der Waals surface area contributed by atoms with Crippen LogP contribution in [0.2, 0.25) is 0 Å². The van der Waals surface area contributed by atoms with Gasteiger partial charge in [0.1, 0.15) is 0 Å². The zero-order valence-electron chi connectivity index (χ0n) is 16.1. The van der Waals surface area contributed by atoms with E-state index in [1.807, 2.05) is 0 Å². The van der Waals surface area contributed by atoms with E-state index >= 15 is 0 Å². The fourth-order valence-corrected chi connectivity index (χ4v) is 3.67. The van der Waals surface area contributed by atoms with E-state index in [9.17, 15) is 0 Å². The van der Waals surface area contributed by atoms with Crippen LogP contribution in [0.1, 0.15) is 113 Å². The first-order valence-electron chi connectivity index (χ1n) is 9.62. The van der Waals surface area contributed by atoms with Gasteiger partial charge in [-0.2, -0.15) is 0 Å². The summed E-state index contributed by atoms with van der Waals surface area (Å²) in [6.45, 7) is 16.4. The summed E-state index contributed by atoms with van der Waals surface area (Å²) in [6, 6.07) is 0.670. The van der Waals surface area contributed by atoms with E-state index in [1.165, 1.54) is 64.2 Å². The Bertz CT molecular complexity index is 226. The molecular weight excluding hydrogens is 254 g/mol. The molecule has 0 aromatic carbocycles. The largest absolute Gasteiger partial charge is 0.309 e. The van der Waals surface area contributed by atoms with Gasteiger partial charge >= 0.3 is 0 Å². The summed E-state index contributed by atoms with van der Waals surface area (Å²) >= 11 is 0. The Hall–Kier alpha value is -0.0400. The van der Waals surface area contributed by atoms with Crippen molar-refractivity contribution in [2.45, 2.75) is 124 Å². The van der Waals surface area contributed by atoms with Gasteiger partial charge in [0, 0.05) is 11.6 Å². The molecule has 1 N–H and O–H groups in total. The van der Waals surface area contributed by atoms with Crippen LogP contribution in [0.5, 0.6) is 0 Å². The van der Waals surface area contributed by atoms with Crippen LogP contribution in [0, 0.1) is 5.41 Å². The predicted molar refractivity (Wildman–Crippen MR) is 98.0 cm³/mol. The van der Waals surface area contributed by atoms with Gasteiger partial charge in [-0.1, -0.05) is 66.2 Å². The molecular formula is C20H43N. The van der Waals surface area contributed by atoms with Crippen LogP contribution in [0.15, 0.2) is 0 Å². The Morgan fingerprint density at radius 3 is 1.62 bits per heavy atom. The number of hydrogen-bond acceptors (Lipinski definition) is 1. The molecule has 21 heavy (non-hydrogen) atoms. The second-order valence-electron chi connectivity index (χ2n) is 7.93. The van der Waals surface area contributed by atoms with E-state index in [-0.39, 0.29) is 5.54 Å². The van der Waals surface area contributed by atoms with Crippen LogP contribution < -0.4 is 5.32 Å². The van der Waals surface area contributed by atoms with Crippen molar-refractivity contribution in [1.82, 2.24) is 5.32 Å². The van der Waals surface area contributed by atoms with Crippen LogP contribution in [0.25, 0.3) is 0 Å². The topological polar surface area (TPSA) is 12.0 Å². The van der Waals surface area contributed by atoms with Crippen molar-refractivity contribution in [3.63, 3.8) is 0 Å². The first-order chi connectivity index (χ1) is 9.85. The molecule has 0 bridgehead atoms. The molecule has 0 aromatic rings. The molecule has 0 amide bonds. The highest BCUT2D eigenvalue weighted by Crippen LogP contribution is 2.37. The molecule has 0 rings (SSSR count). The molecule has 1 heteroatoms. The molecule has 0 aliphatic rings. The van der Waals surface area contributed by atoms with E-state index in [0.717, 1.165) is 0 Å². The predicted octanol–water partition coefficient (Wildman–Crippen LogP) is 6.71. The third-order valence-electron chi connectivity index (χ3n) is 5.31. The van der Waals surface area contributed by atoms with E-state index in [4.69, 9.17) is 0 Å². The minimum atomic E-state index is 0.220. The first kappa shape index (κ1) is 21.0. The Labute approximate surface area is 135 Å². The maximum absolute atomic E-state index is 3.95. The third kappa shape index (κ3) is 8.24. The zero-order chi connectivity index (χ0) is 16.4. The molecule has 0 aromatic heterocycles. The van der Waals surface area contributed by atoms with Gasteiger partial charge in [-0.3, -0.25) is 0 Å². The van der Waals surface area contributed by atoms with Crippen LogP contribution in [0.4, 0.5) is 0 Å². The summed E-state index contributed by atoms with van der Waals surface area (Å²) in [4.78, 5) is 0. The quantitative estimate of drug-likeness (QED) is 0.395. The van der Waals surface area contributed by atoms with Gasteiger partial charge in [0.15, 0.2) is 0 Å². The second kappa shape index (κ2) is 10.6. The van der Waals surface area contributed by atoms with Crippen LogP contribution in [-0.4, -0.2) is 11.6 Å². The molecule has 0 spiro atoms. The average Bonchev–Trinajstić information content (AvgIpc) is 2.43. The summed E-state index contributed by atoms with van der Waals surface area (Å²) < 4.78 is 0. The summed E-state index contributed by atoms with van der Waals surface area (Å²) in [6.07, 6.45) is 13.6. The molecule has 0 saturated heterocycles. The van der Waals surface area contributed by atoms with Gasteiger partial charge < -0.3 is 5.32 Å². The van der Waals surface area contributed by atoms with E-state index in [0.29, 0.717) is 11.5 Å². The van der Waals surface area contributed by atoms with E-state index < -0.39 is 0 Å². The Morgan fingerprint density at radius 1 is 0.714 bits per heavy atom. The lowest BCUT2D eigenvalue weighted by molar-refractivity contribution is 0.127. The van der Waals surface area contributed by atoms with Gasteiger partial charge in [0.2, 0.25) is 0 Å². The summed E-state index contributed by atoms with van der Waals surface area (Å²) in [7, 11) is 0. The number of nitrogens with one attached hydrogen (secondary N) is 1. The highest BCUT2D eigenvalue weighted by Gasteiger charge is 2.35. The molecule has 1 unspecified atom stereocenters. The van der Waals surface area contributed by atoms with Gasteiger partial charge in [0.05, 0.1) is 0 Å². The van der Waals surface area contributed by atoms with Crippen molar-refractivity contribution in [2.75, 3.05) is 0 Å². The Balaban J connectivity index is 4.53. The van der Waals surface area contributed by atoms with Gasteiger partial charge in [-0.05, 0) is 51.9 Å². The average molecular weight is 298 g/mol. The fourth-order valence-electron chi connectivity index (χ4n) is 3.67. The maximum atomic E-state index is 3.95. The minimum absolute atomic E-state index is 0.220. The van der Waals surface area contributed by atoms with Gasteiger partial charge in [-0.25, -0.2) is 0 Å². The molecule has 0 aliphatic heterocycles. The summed E-state index contributed by atoms with van der Waals surface area (Å²) in [5.41, 5.74) is 0.703. The molecule has 0 fully saturated rings. The molecule has 0 aliphatic carbocycles. The second-order valence-corrected chi connectivity index (χ2v) is 7.93. The van der Waals surface area contributed by atoms with Gasteiger partial charge in [-0.15, -0.1) is 0 Å². The highest BCUT2D eigenvalue weighted by atomic mass is 15.0. The maximum Gasteiger partial charge on any atom is 0.0128 e. The smallest absolute Gasteiger partial charge is 0.0128 e. The zero-order valence-corrected chi connectivity index (χ0v) is 16.1. The van der Waals surface area contributed by atoms with Crippen LogP contribution >= 0.6 is 0 Å². The molecule has 0 radical (unpaired) electrons. The van der Waals surface area contributed by atoms with E-state index in [1.54, 1.807) is 0 Å². The molecule has 1 atom stereocenters. The standard InChI is InChI=1S/C20H43N/c1-8-12-13-14-15-16-17-18(21-19(5,6)7)20(9-2,10-3)11-4/h18,21H,8-17H2,1-7H3. The minimum Gasteiger partial charge on any atom is -0.309 e. The molecule has 0 heterocycles. The Kier molecular flexibility index (Phi) is 10.6. The van der Waals surface area contributed by atoms with Crippen molar-refractivity contribution in [3.05, 3.63) is 0 Å². The Morgan fingerprint density at radius 2 is 1.19 bits per heavy atom. The van der Waals surface area contributed by atoms with Crippen molar-refractivity contribution in [3.8, 4) is 0 Å². The molecule has 128 valence electrons. The van der Waals surface area contributed by atoms with Crippen molar-refractivity contribution in [1.29, 1.82) is 0 Å². The summed E-state index contributed by atoms with van der Waals surface area (Å²) in [5.74, 6) is 0. The lowest BCUT2D eigenvalue weighted by atomic mass is 9.71. The SMILES string of the molecule is CCCCCCCCC(NC(C)(C)C)C(CC)(CC)CC. The van der Waals surface area contributed by atoms with Gasteiger partial charge in [0.25, 0.3) is 0 Å². The van der Waals surface area contributed by atoms with Crippen molar-refractivity contribution in [2.24, 2.45) is 5.41 Å². The highest BCUT2D eigenvalue weighted by molar-refractivity contribution is 4.92.